The summed E-state index contributed by atoms with van der Waals surface area (Å²) in [4.78, 5) is 0. The fourth-order valence-electron chi connectivity index (χ4n) is 0.292. The zero-order valence-electron chi connectivity index (χ0n) is 6.35. The monoisotopic (exact) mass is 126 g/mol. The van der Waals surface area contributed by atoms with Crippen molar-refractivity contribution in [2.75, 3.05) is 0 Å². The van der Waals surface area contributed by atoms with Gasteiger partial charge in [0.15, 0.2) is 0 Å². The predicted octanol–water partition coefficient (Wildman–Crippen LogP) is 2.71. The highest BCUT2D eigenvalue weighted by Gasteiger charge is 1.96. The molecule has 0 fully saturated rings. The lowest BCUT2D eigenvalue weighted by Gasteiger charge is -2.06. The average molecular weight is 126 g/mol. The van der Waals surface area contributed by atoms with E-state index >= 15 is 0 Å². The van der Waals surface area contributed by atoms with Crippen molar-refractivity contribution in [3.05, 3.63) is 24.7 Å². The molecule has 0 amide bonds. The van der Waals surface area contributed by atoms with Crippen LogP contribution in [0.15, 0.2) is 24.7 Å². The Bertz CT molecular complexity index is 112. The fourth-order valence-corrected chi connectivity index (χ4v) is 0.292. The Morgan fingerprint density at radius 2 is 2.11 bits per heavy atom. The fraction of sp³-hybridized carbons (Fsp3) is 0.500. The van der Waals surface area contributed by atoms with Crippen molar-refractivity contribution in [3.8, 4) is 0 Å². The predicted molar refractivity (Wildman–Crippen MR) is 39.9 cm³/mol. The second kappa shape index (κ2) is 4.19. The quantitative estimate of drug-likeness (QED) is 0.528. The van der Waals surface area contributed by atoms with E-state index in [9.17, 15) is 0 Å². The molecule has 0 radical (unpaired) electrons. The van der Waals surface area contributed by atoms with Crippen LogP contribution in [-0.4, -0.2) is 0 Å². The number of hydrogen-bond donors (Lipinski definition) is 0. The Kier molecular flexibility index (Phi) is 3.85. The summed E-state index contributed by atoms with van der Waals surface area (Å²) in [6, 6.07) is 0. The van der Waals surface area contributed by atoms with Crippen molar-refractivity contribution in [1.29, 1.82) is 0 Å². The molecule has 0 spiro atoms. The molecule has 0 aromatic rings. The van der Waals surface area contributed by atoms with Crippen molar-refractivity contribution < 1.29 is 4.74 Å². The number of rotatable bonds is 3. The lowest BCUT2D eigenvalue weighted by molar-refractivity contribution is 0.307. The highest BCUT2D eigenvalue weighted by molar-refractivity contribution is 4.89. The van der Waals surface area contributed by atoms with E-state index in [2.05, 4.69) is 6.58 Å². The van der Waals surface area contributed by atoms with Gasteiger partial charge in [0, 0.05) is 5.92 Å². The Morgan fingerprint density at radius 1 is 1.56 bits per heavy atom. The molecule has 0 unspecified atom stereocenters. The molecule has 0 saturated carbocycles. The molecule has 0 rings (SSSR count). The second-order valence-electron chi connectivity index (χ2n) is 2.21. The molecular formula is C8H14O. The molecule has 0 atom stereocenters. The SMILES string of the molecule is C=C(O/C=C\C)C(C)C. The lowest BCUT2D eigenvalue weighted by atomic mass is 10.2. The molecule has 0 saturated heterocycles. The van der Waals surface area contributed by atoms with E-state index in [-0.39, 0.29) is 0 Å². The largest absolute Gasteiger partial charge is 0.470 e. The van der Waals surface area contributed by atoms with Gasteiger partial charge in [-0.15, -0.1) is 0 Å². The molecule has 9 heavy (non-hydrogen) atoms. The molecule has 0 aliphatic carbocycles. The van der Waals surface area contributed by atoms with Gasteiger partial charge in [-0.2, -0.15) is 0 Å². The Hall–Kier alpha value is -0.720. The normalized spacial score (nSPS) is 10.7. The molecule has 0 bridgehead atoms. The van der Waals surface area contributed by atoms with Gasteiger partial charge in [0.05, 0.1) is 12.0 Å². The number of hydrogen-bond acceptors (Lipinski definition) is 1. The zero-order chi connectivity index (χ0) is 7.28. The molecule has 1 heteroatoms. The van der Waals surface area contributed by atoms with E-state index in [4.69, 9.17) is 4.74 Å². The summed E-state index contributed by atoms with van der Waals surface area (Å²) < 4.78 is 5.08. The van der Waals surface area contributed by atoms with Gasteiger partial charge in [-0.3, -0.25) is 0 Å². The van der Waals surface area contributed by atoms with Gasteiger partial charge in [-0.05, 0) is 6.92 Å². The Morgan fingerprint density at radius 3 is 2.44 bits per heavy atom. The molecular weight excluding hydrogens is 112 g/mol. The minimum Gasteiger partial charge on any atom is -0.470 e. The first-order chi connectivity index (χ1) is 4.18. The maximum atomic E-state index is 5.08. The highest BCUT2D eigenvalue weighted by Crippen LogP contribution is 2.07. The van der Waals surface area contributed by atoms with Gasteiger partial charge in [0.2, 0.25) is 0 Å². The molecule has 52 valence electrons. The highest BCUT2D eigenvalue weighted by atomic mass is 16.5. The van der Waals surface area contributed by atoms with Crippen LogP contribution in [0.5, 0.6) is 0 Å². The van der Waals surface area contributed by atoms with E-state index in [1.165, 1.54) is 0 Å². The van der Waals surface area contributed by atoms with Crippen LogP contribution in [0, 0.1) is 5.92 Å². The van der Waals surface area contributed by atoms with Gasteiger partial charge in [0.25, 0.3) is 0 Å². The van der Waals surface area contributed by atoms with Crippen molar-refractivity contribution in [3.63, 3.8) is 0 Å². The summed E-state index contributed by atoms with van der Waals surface area (Å²) >= 11 is 0. The van der Waals surface area contributed by atoms with Crippen LogP contribution in [0.25, 0.3) is 0 Å². The maximum Gasteiger partial charge on any atom is 0.0985 e. The first-order valence-corrected chi connectivity index (χ1v) is 3.15. The summed E-state index contributed by atoms with van der Waals surface area (Å²) in [5.74, 6) is 1.22. The van der Waals surface area contributed by atoms with E-state index in [1.807, 2.05) is 26.8 Å². The average Bonchev–Trinajstić information content (AvgIpc) is 1.82. The summed E-state index contributed by atoms with van der Waals surface area (Å²) in [5, 5.41) is 0. The van der Waals surface area contributed by atoms with Gasteiger partial charge in [-0.1, -0.05) is 26.5 Å². The first kappa shape index (κ1) is 8.28. The third-order valence-electron chi connectivity index (χ3n) is 0.999. The molecule has 0 heterocycles. The molecule has 0 N–H and O–H groups in total. The van der Waals surface area contributed by atoms with Gasteiger partial charge < -0.3 is 4.74 Å². The van der Waals surface area contributed by atoms with E-state index in [1.54, 1.807) is 6.26 Å². The third-order valence-corrected chi connectivity index (χ3v) is 0.999. The van der Waals surface area contributed by atoms with E-state index in [0.29, 0.717) is 5.92 Å². The molecule has 0 aromatic heterocycles. The summed E-state index contributed by atoms with van der Waals surface area (Å²) in [5.41, 5.74) is 0. The molecule has 0 aromatic carbocycles. The number of ether oxygens (including phenoxy) is 1. The van der Waals surface area contributed by atoms with Gasteiger partial charge >= 0.3 is 0 Å². The molecule has 0 aliphatic rings. The van der Waals surface area contributed by atoms with Gasteiger partial charge in [0.1, 0.15) is 0 Å². The summed E-state index contributed by atoms with van der Waals surface area (Å²) in [6.07, 6.45) is 3.48. The smallest absolute Gasteiger partial charge is 0.0985 e. The van der Waals surface area contributed by atoms with Crippen molar-refractivity contribution in [2.24, 2.45) is 5.92 Å². The van der Waals surface area contributed by atoms with Gasteiger partial charge in [-0.25, -0.2) is 0 Å². The van der Waals surface area contributed by atoms with Crippen LogP contribution in [0.3, 0.4) is 0 Å². The minimum atomic E-state index is 0.404. The summed E-state index contributed by atoms with van der Waals surface area (Å²) in [7, 11) is 0. The van der Waals surface area contributed by atoms with Crippen molar-refractivity contribution >= 4 is 0 Å². The van der Waals surface area contributed by atoms with Crippen molar-refractivity contribution in [1.82, 2.24) is 0 Å². The first-order valence-electron chi connectivity index (χ1n) is 3.15. The van der Waals surface area contributed by atoms with Crippen LogP contribution in [0.4, 0.5) is 0 Å². The third kappa shape index (κ3) is 3.83. The second-order valence-corrected chi connectivity index (χ2v) is 2.21. The zero-order valence-corrected chi connectivity index (χ0v) is 6.35. The van der Waals surface area contributed by atoms with Crippen LogP contribution in [0.1, 0.15) is 20.8 Å². The summed E-state index contributed by atoms with van der Waals surface area (Å²) in [6.45, 7) is 9.72. The molecule has 0 aliphatic heterocycles. The lowest BCUT2D eigenvalue weighted by Crippen LogP contribution is -1.92. The van der Waals surface area contributed by atoms with Crippen LogP contribution < -0.4 is 0 Å². The Balaban J connectivity index is 3.51. The topological polar surface area (TPSA) is 9.23 Å². The maximum absolute atomic E-state index is 5.08. The van der Waals surface area contributed by atoms with Crippen LogP contribution >= 0.6 is 0 Å². The van der Waals surface area contributed by atoms with Crippen LogP contribution in [-0.2, 0) is 4.74 Å². The van der Waals surface area contributed by atoms with Crippen LogP contribution in [0.2, 0.25) is 0 Å². The number of allylic oxidation sites excluding steroid dienone is 2. The van der Waals surface area contributed by atoms with E-state index < -0.39 is 0 Å². The Labute approximate surface area is 57.0 Å². The standard InChI is InChI=1S/C8H14O/c1-5-6-9-8(4)7(2)3/h5-7H,4H2,1-3H3/b6-5-. The van der Waals surface area contributed by atoms with Crippen molar-refractivity contribution in [2.45, 2.75) is 20.8 Å². The minimum absolute atomic E-state index is 0.404. The molecule has 1 nitrogen and oxygen atoms in total. The van der Waals surface area contributed by atoms with E-state index in [0.717, 1.165) is 5.76 Å².